The maximum absolute atomic E-state index is 13.4. The monoisotopic (exact) mass is 782 g/mol. The van der Waals surface area contributed by atoms with E-state index in [1.165, 1.54) is 0 Å². The Balaban J connectivity index is 2.86. The van der Waals surface area contributed by atoms with E-state index in [0.29, 0.717) is 13.1 Å². The molecule has 38 heavy (non-hydrogen) atoms. The fraction of sp³-hybridized carbons (Fsp3) is 0.462. The summed E-state index contributed by atoms with van der Waals surface area (Å²) < 4.78 is 0.208. The molecular formula is C26H30Br4N2O6. The molecule has 208 valence electrons. The van der Waals surface area contributed by atoms with Crippen LogP contribution in [-0.2, 0) is 0 Å². The van der Waals surface area contributed by atoms with E-state index in [-0.39, 0.29) is 50.9 Å². The number of nitrogens with one attached hydrogen (secondary N) is 2. The summed E-state index contributed by atoms with van der Waals surface area (Å²) in [4.78, 5) is 51.8. The summed E-state index contributed by atoms with van der Waals surface area (Å²) in [5, 5.41) is 25.6. The summed E-state index contributed by atoms with van der Waals surface area (Å²) in [6.45, 7) is 4.87. The van der Waals surface area contributed by atoms with Gasteiger partial charge in [0.15, 0.2) is 0 Å². The molecule has 2 aromatic rings. The van der Waals surface area contributed by atoms with Gasteiger partial charge in [0.25, 0.3) is 11.8 Å². The molecular weight excluding hydrogens is 756 g/mol. The number of hydrogen-bond acceptors (Lipinski definition) is 4. The predicted molar refractivity (Wildman–Crippen MR) is 162 cm³/mol. The molecule has 0 aliphatic heterocycles. The normalized spacial score (nSPS) is 11.0. The fourth-order valence-corrected chi connectivity index (χ4v) is 6.43. The first kappa shape index (κ1) is 32.7. The smallest absolute Gasteiger partial charge is 0.337 e. The minimum Gasteiger partial charge on any atom is -0.478 e. The Bertz CT molecular complexity index is 1150. The van der Waals surface area contributed by atoms with Crippen molar-refractivity contribution in [2.45, 2.75) is 65.2 Å². The van der Waals surface area contributed by atoms with Crippen molar-refractivity contribution < 1.29 is 29.4 Å². The van der Waals surface area contributed by atoms with Crippen LogP contribution in [0.3, 0.4) is 0 Å². The van der Waals surface area contributed by atoms with Crippen LogP contribution < -0.4 is 10.6 Å². The number of halogens is 4. The van der Waals surface area contributed by atoms with Crippen LogP contribution in [0.1, 0.15) is 107 Å². The highest BCUT2D eigenvalue weighted by atomic mass is 79.9. The van der Waals surface area contributed by atoms with Crippen molar-refractivity contribution in [3.63, 3.8) is 0 Å². The van der Waals surface area contributed by atoms with Gasteiger partial charge in [-0.15, -0.1) is 0 Å². The van der Waals surface area contributed by atoms with Crippen molar-refractivity contribution in [3.8, 4) is 0 Å². The Morgan fingerprint density at radius 3 is 1.16 bits per heavy atom. The van der Waals surface area contributed by atoms with E-state index in [9.17, 15) is 29.4 Å². The summed E-state index contributed by atoms with van der Waals surface area (Å²) in [7, 11) is 0. The van der Waals surface area contributed by atoms with E-state index in [2.05, 4.69) is 88.2 Å². The van der Waals surface area contributed by atoms with Crippen LogP contribution >= 0.6 is 63.7 Å². The van der Waals surface area contributed by atoms with Gasteiger partial charge in [-0.25, -0.2) is 9.59 Å². The standard InChI is InChI=1S/C26H30Br4N2O6/c1-3-5-7-9-11-31-23(33)15-13-14(18(26(37)38)21(29)19(15)27)16(20(28)22(30)17(13)25(35)36)24(34)32-12-10-8-6-4-2/h3-12H2,1-2H3,(H,31,33)(H,32,34)(H,35,36)(H,37,38). The van der Waals surface area contributed by atoms with Gasteiger partial charge in [-0.3, -0.25) is 9.59 Å². The third kappa shape index (κ3) is 7.37. The van der Waals surface area contributed by atoms with Crippen LogP contribution in [0.15, 0.2) is 17.9 Å². The van der Waals surface area contributed by atoms with Crippen molar-refractivity contribution >= 4 is 98.2 Å². The van der Waals surface area contributed by atoms with E-state index in [0.717, 1.165) is 51.4 Å². The van der Waals surface area contributed by atoms with Gasteiger partial charge in [-0.05, 0) is 76.6 Å². The number of carboxylic acids is 2. The largest absolute Gasteiger partial charge is 0.478 e. The van der Waals surface area contributed by atoms with E-state index in [1.807, 2.05) is 0 Å². The minimum atomic E-state index is -1.39. The lowest BCUT2D eigenvalue weighted by molar-refractivity contribution is 0.0685. The molecule has 0 radical (unpaired) electrons. The second kappa shape index (κ2) is 15.3. The lowest BCUT2D eigenvalue weighted by Gasteiger charge is -2.21. The van der Waals surface area contributed by atoms with Crippen molar-refractivity contribution in [3.05, 3.63) is 40.1 Å². The molecule has 0 saturated heterocycles. The predicted octanol–water partition coefficient (Wildman–Crippen LogP) is 7.91. The summed E-state index contributed by atoms with van der Waals surface area (Å²) in [6.07, 6.45) is 7.39. The van der Waals surface area contributed by atoms with Crippen LogP contribution in [0, 0.1) is 0 Å². The average Bonchev–Trinajstić information content (AvgIpc) is 2.85. The summed E-state index contributed by atoms with van der Waals surface area (Å²) in [5.41, 5.74) is -0.818. The van der Waals surface area contributed by atoms with Crippen LogP contribution in [0.2, 0.25) is 0 Å². The summed E-state index contributed by atoms with van der Waals surface area (Å²) >= 11 is 13.2. The van der Waals surface area contributed by atoms with E-state index >= 15 is 0 Å². The molecule has 0 unspecified atom stereocenters. The van der Waals surface area contributed by atoms with Crippen molar-refractivity contribution in [2.75, 3.05) is 13.1 Å². The minimum absolute atomic E-state index is 0.0243. The molecule has 0 atom stereocenters. The van der Waals surface area contributed by atoms with Gasteiger partial charge in [0.05, 0.1) is 22.3 Å². The molecule has 2 aromatic carbocycles. The number of benzene rings is 2. The number of aromatic carboxylic acids is 2. The highest BCUT2D eigenvalue weighted by molar-refractivity contribution is 9.13. The first-order chi connectivity index (χ1) is 18.0. The van der Waals surface area contributed by atoms with Gasteiger partial charge in [-0.2, -0.15) is 0 Å². The first-order valence-electron chi connectivity index (χ1n) is 12.4. The molecule has 4 N–H and O–H groups in total. The van der Waals surface area contributed by atoms with Crippen molar-refractivity contribution in [1.29, 1.82) is 0 Å². The molecule has 0 heterocycles. The lowest BCUT2D eigenvalue weighted by Crippen LogP contribution is -2.28. The van der Waals surface area contributed by atoms with Crippen LogP contribution in [0.4, 0.5) is 0 Å². The third-order valence-electron chi connectivity index (χ3n) is 6.03. The Morgan fingerprint density at radius 2 is 0.868 bits per heavy atom. The molecule has 2 rings (SSSR count). The second-order valence-corrected chi connectivity index (χ2v) is 11.9. The SMILES string of the molecule is CCCCCCNC(=O)c1c(Br)c(Br)c(C(=O)O)c2c(C(=O)NCCCCCC)c(Br)c(Br)c(C(=O)O)c12. The molecule has 2 amide bonds. The second-order valence-electron chi connectivity index (χ2n) is 8.75. The van der Waals surface area contributed by atoms with Gasteiger partial charge in [0.2, 0.25) is 0 Å². The van der Waals surface area contributed by atoms with Gasteiger partial charge in [0, 0.05) is 41.8 Å². The number of amides is 2. The maximum Gasteiger partial charge on any atom is 0.337 e. The van der Waals surface area contributed by atoms with Gasteiger partial charge in [0.1, 0.15) is 0 Å². The molecule has 0 aliphatic carbocycles. The Morgan fingerprint density at radius 1 is 0.553 bits per heavy atom. The number of unbranched alkanes of at least 4 members (excludes halogenated alkanes) is 6. The zero-order valence-corrected chi connectivity index (χ0v) is 27.5. The fourth-order valence-electron chi connectivity index (χ4n) is 4.14. The molecule has 12 heteroatoms. The summed E-state index contributed by atoms with van der Waals surface area (Å²) in [6, 6.07) is 0. The average molecular weight is 786 g/mol. The third-order valence-corrected chi connectivity index (χ3v) is 10.3. The molecule has 0 bridgehead atoms. The molecule has 8 nitrogen and oxygen atoms in total. The van der Waals surface area contributed by atoms with Crippen LogP contribution in [0.25, 0.3) is 10.8 Å². The van der Waals surface area contributed by atoms with Crippen LogP contribution in [-0.4, -0.2) is 47.1 Å². The summed E-state index contributed by atoms with van der Waals surface area (Å²) in [5.74, 6) is -3.95. The number of hydrogen-bond donors (Lipinski definition) is 4. The van der Waals surface area contributed by atoms with E-state index in [1.54, 1.807) is 0 Å². The highest BCUT2D eigenvalue weighted by Crippen LogP contribution is 2.46. The number of carbonyl (C=O) groups is 4. The zero-order valence-electron chi connectivity index (χ0n) is 21.1. The first-order valence-corrected chi connectivity index (χ1v) is 15.6. The van der Waals surface area contributed by atoms with Crippen molar-refractivity contribution in [1.82, 2.24) is 10.6 Å². The zero-order chi connectivity index (χ0) is 28.6. The quantitative estimate of drug-likeness (QED) is 0.144. The lowest BCUT2D eigenvalue weighted by atomic mass is 9.90. The van der Waals surface area contributed by atoms with Gasteiger partial charge >= 0.3 is 11.9 Å². The van der Waals surface area contributed by atoms with Gasteiger partial charge < -0.3 is 20.8 Å². The molecule has 0 aromatic heterocycles. The molecule has 0 fully saturated rings. The maximum atomic E-state index is 13.4. The van der Waals surface area contributed by atoms with E-state index in [4.69, 9.17) is 0 Å². The number of fused-ring (bicyclic) bond motifs is 1. The Hall–Kier alpha value is -1.50. The Kier molecular flexibility index (Phi) is 13.2. The molecule has 0 spiro atoms. The number of carbonyl (C=O) groups excluding carboxylic acids is 2. The van der Waals surface area contributed by atoms with E-state index < -0.39 is 23.8 Å². The molecule has 0 saturated carbocycles. The number of rotatable bonds is 14. The number of carboxylic acid groups (broad SMARTS) is 2. The Labute approximate surface area is 255 Å². The highest BCUT2D eigenvalue weighted by Gasteiger charge is 2.34. The topological polar surface area (TPSA) is 133 Å². The van der Waals surface area contributed by atoms with Crippen molar-refractivity contribution in [2.24, 2.45) is 0 Å². The van der Waals surface area contributed by atoms with Crippen LogP contribution in [0.5, 0.6) is 0 Å². The molecule has 0 aliphatic rings. The van der Waals surface area contributed by atoms with Gasteiger partial charge in [-0.1, -0.05) is 52.4 Å².